The summed E-state index contributed by atoms with van der Waals surface area (Å²) < 4.78 is 0. The molecular formula is C20H28O4. The van der Waals surface area contributed by atoms with E-state index < -0.39 is 5.97 Å². The first-order chi connectivity index (χ1) is 11.3. The molecule has 0 heterocycles. The molecule has 4 nitrogen and oxygen atoms in total. The molecule has 0 spiro atoms. The molecule has 4 heteroatoms. The molecule has 2 unspecified atom stereocenters. The highest BCUT2D eigenvalue weighted by molar-refractivity contribution is 5.87. The van der Waals surface area contributed by atoms with E-state index in [1.807, 2.05) is 0 Å². The fourth-order valence-corrected chi connectivity index (χ4v) is 7.09. The summed E-state index contributed by atoms with van der Waals surface area (Å²) in [6, 6.07) is 0. The molecule has 4 fully saturated rings. The minimum Gasteiger partial charge on any atom is -0.481 e. The molecule has 4 aliphatic carbocycles. The number of hydrogen-bond donors (Lipinski definition) is 1. The minimum absolute atomic E-state index is 0.0808. The predicted octanol–water partition coefficient (Wildman–Crippen LogP) is 3.48. The normalized spacial score (nSPS) is 50.8. The second-order valence-electron chi connectivity index (χ2n) is 9.33. The zero-order chi connectivity index (χ0) is 17.3. The summed E-state index contributed by atoms with van der Waals surface area (Å²) >= 11 is 0. The van der Waals surface area contributed by atoms with Crippen LogP contribution < -0.4 is 0 Å². The Kier molecular flexibility index (Phi) is 3.50. The molecule has 7 atom stereocenters. The fraction of sp³-hybridized carbons (Fsp3) is 0.850. The van der Waals surface area contributed by atoms with Crippen LogP contribution in [-0.4, -0.2) is 22.6 Å². The van der Waals surface area contributed by atoms with Crippen molar-refractivity contribution in [3.8, 4) is 0 Å². The van der Waals surface area contributed by atoms with Crippen molar-refractivity contribution in [1.82, 2.24) is 0 Å². The van der Waals surface area contributed by atoms with E-state index in [1.165, 1.54) is 0 Å². The molecule has 0 radical (unpaired) electrons. The molecule has 4 aliphatic rings. The first kappa shape index (κ1) is 16.3. The third kappa shape index (κ3) is 2.01. The van der Waals surface area contributed by atoms with Crippen molar-refractivity contribution < 1.29 is 19.5 Å². The van der Waals surface area contributed by atoms with Gasteiger partial charge in [-0.25, -0.2) is 0 Å². The Morgan fingerprint density at radius 2 is 1.83 bits per heavy atom. The monoisotopic (exact) mass is 332 g/mol. The topological polar surface area (TPSA) is 71.4 Å². The van der Waals surface area contributed by atoms with Crippen molar-refractivity contribution in [3.63, 3.8) is 0 Å². The predicted molar refractivity (Wildman–Crippen MR) is 88.2 cm³/mol. The average Bonchev–Trinajstić information content (AvgIpc) is 2.83. The zero-order valence-corrected chi connectivity index (χ0v) is 14.7. The van der Waals surface area contributed by atoms with Crippen LogP contribution in [0.1, 0.15) is 65.2 Å². The van der Waals surface area contributed by atoms with Crippen LogP contribution in [-0.2, 0) is 14.4 Å². The molecule has 0 aliphatic heterocycles. The van der Waals surface area contributed by atoms with Gasteiger partial charge in [-0.3, -0.25) is 14.4 Å². The Morgan fingerprint density at radius 3 is 2.54 bits per heavy atom. The molecule has 0 aromatic carbocycles. The van der Waals surface area contributed by atoms with Gasteiger partial charge in [0.05, 0.1) is 5.92 Å². The summed E-state index contributed by atoms with van der Waals surface area (Å²) in [6.07, 6.45) is 6.07. The summed E-state index contributed by atoms with van der Waals surface area (Å²) in [6.45, 7) is 4.39. The highest BCUT2D eigenvalue weighted by Crippen LogP contribution is 2.66. The van der Waals surface area contributed by atoms with Gasteiger partial charge in [0.15, 0.2) is 0 Å². The van der Waals surface area contributed by atoms with Gasteiger partial charge in [0, 0.05) is 24.7 Å². The maximum atomic E-state index is 12.5. The van der Waals surface area contributed by atoms with E-state index in [4.69, 9.17) is 0 Å². The van der Waals surface area contributed by atoms with Crippen LogP contribution in [0.4, 0.5) is 0 Å². The molecule has 1 N–H and O–H groups in total. The van der Waals surface area contributed by atoms with Crippen molar-refractivity contribution in [3.05, 3.63) is 0 Å². The lowest BCUT2D eigenvalue weighted by atomic mass is 9.43. The summed E-state index contributed by atoms with van der Waals surface area (Å²) in [7, 11) is 0. The summed E-state index contributed by atoms with van der Waals surface area (Å²) in [4.78, 5) is 36.6. The van der Waals surface area contributed by atoms with E-state index in [2.05, 4.69) is 13.8 Å². The molecule has 0 aromatic heterocycles. The van der Waals surface area contributed by atoms with Crippen LogP contribution in [0.3, 0.4) is 0 Å². The van der Waals surface area contributed by atoms with Crippen molar-refractivity contribution in [2.45, 2.75) is 65.2 Å². The molecule has 0 aromatic rings. The smallest absolute Gasteiger partial charge is 0.306 e. The van der Waals surface area contributed by atoms with Crippen LogP contribution in [0, 0.1) is 40.4 Å². The molecule has 0 saturated heterocycles. The minimum atomic E-state index is -0.714. The number of carboxylic acid groups (broad SMARTS) is 1. The first-order valence-electron chi connectivity index (χ1n) is 9.55. The largest absolute Gasteiger partial charge is 0.481 e. The van der Waals surface area contributed by atoms with E-state index in [1.54, 1.807) is 0 Å². The maximum Gasteiger partial charge on any atom is 0.306 e. The summed E-state index contributed by atoms with van der Waals surface area (Å²) in [5, 5.41) is 9.92. The van der Waals surface area contributed by atoms with E-state index in [0.29, 0.717) is 43.2 Å². The van der Waals surface area contributed by atoms with Crippen LogP contribution in [0.25, 0.3) is 0 Å². The van der Waals surface area contributed by atoms with E-state index in [9.17, 15) is 19.5 Å². The van der Waals surface area contributed by atoms with Crippen LogP contribution in [0.2, 0.25) is 0 Å². The lowest BCUT2D eigenvalue weighted by Crippen LogP contribution is -2.58. The highest BCUT2D eigenvalue weighted by atomic mass is 16.4. The number of aliphatic carboxylic acids is 1. The summed E-state index contributed by atoms with van der Waals surface area (Å²) in [5.41, 5.74) is -0.222. The van der Waals surface area contributed by atoms with Crippen LogP contribution >= 0.6 is 0 Å². The molecule has 4 rings (SSSR count). The molecule has 132 valence electrons. The van der Waals surface area contributed by atoms with Gasteiger partial charge in [0.2, 0.25) is 0 Å². The molecule has 0 bridgehead atoms. The van der Waals surface area contributed by atoms with Gasteiger partial charge in [-0.2, -0.15) is 0 Å². The number of hydrogen-bond acceptors (Lipinski definition) is 3. The van der Waals surface area contributed by atoms with Crippen molar-refractivity contribution in [2.24, 2.45) is 40.4 Å². The fourth-order valence-electron chi connectivity index (χ4n) is 7.09. The number of carbonyl (C=O) groups is 3. The number of ketones is 2. The number of Topliss-reactive ketones (excluding diaryl/α,β-unsaturated/α-hetero) is 2. The molecule has 24 heavy (non-hydrogen) atoms. The van der Waals surface area contributed by atoms with Crippen LogP contribution in [0.15, 0.2) is 0 Å². The maximum absolute atomic E-state index is 12.5. The van der Waals surface area contributed by atoms with Gasteiger partial charge < -0.3 is 5.11 Å². The lowest BCUT2D eigenvalue weighted by molar-refractivity contribution is -0.172. The SMILES string of the molecule is C[C@]12CCC(=O)CC1CC(C(=O)O)[C@@H]1[C@H]2CC[C@]2(C)C(=O)CC[C@@H]12. The van der Waals surface area contributed by atoms with Crippen molar-refractivity contribution in [2.75, 3.05) is 0 Å². The number of carbonyl (C=O) groups excluding carboxylic acids is 2. The Hall–Kier alpha value is -1.19. The molecular weight excluding hydrogens is 304 g/mol. The second-order valence-corrected chi connectivity index (χ2v) is 9.33. The quantitative estimate of drug-likeness (QED) is 0.798. The molecule has 4 saturated carbocycles. The summed E-state index contributed by atoms with van der Waals surface area (Å²) in [5.74, 6) is 0.459. The Balaban J connectivity index is 1.75. The van der Waals surface area contributed by atoms with E-state index in [-0.39, 0.29) is 34.5 Å². The lowest BCUT2D eigenvalue weighted by Gasteiger charge is -2.60. The third-order valence-corrected chi connectivity index (χ3v) is 8.56. The Labute approximate surface area is 143 Å². The van der Waals surface area contributed by atoms with Gasteiger partial charge in [0.25, 0.3) is 0 Å². The zero-order valence-electron chi connectivity index (χ0n) is 14.7. The number of carboxylic acids is 1. The van der Waals surface area contributed by atoms with E-state index in [0.717, 1.165) is 25.7 Å². The van der Waals surface area contributed by atoms with Gasteiger partial charge in [-0.1, -0.05) is 13.8 Å². The van der Waals surface area contributed by atoms with Gasteiger partial charge in [-0.05, 0) is 61.2 Å². The van der Waals surface area contributed by atoms with Crippen molar-refractivity contribution in [1.29, 1.82) is 0 Å². The van der Waals surface area contributed by atoms with Gasteiger partial charge in [-0.15, -0.1) is 0 Å². The second kappa shape index (κ2) is 5.15. The molecule has 0 amide bonds. The van der Waals surface area contributed by atoms with Crippen molar-refractivity contribution >= 4 is 17.5 Å². The number of fused-ring (bicyclic) bond motifs is 5. The average molecular weight is 332 g/mol. The highest BCUT2D eigenvalue weighted by Gasteiger charge is 2.63. The third-order valence-electron chi connectivity index (χ3n) is 8.56. The van der Waals surface area contributed by atoms with Crippen LogP contribution in [0.5, 0.6) is 0 Å². The first-order valence-corrected chi connectivity index (χ1v) is 9.55. The van der Waals surface area contributed by atoms with Gasteiger partial charge >= 0.3 is 5.97 Å². The van der Waals surface area contributed by atoms with E-state index >= 15 is 0 Å². The Bertz CT molecular complexity index is 611. The van der Waals surface area contributed by atoms with Gasteiger partial charge in [0.1, 0.15) is 11.6 Å². The Morgan fingerprint density at radius 1 is 1.08 bits per heavy atom. The number of rotatable bonds is 1. The standard InChI is InChI=1S/C20H28O4/c1-19-7-5-12(21)9-11(19)10-13(18(23)24)17-14-3-4-16(22)20(14,2)8-6-15(17)19/h11,13-15,17H,3-10H2,1-2H3,(H,23,24)/t11?,13?,14-,15+,17-,19-,20-/m0/s1.